The molecule has 1 saturated heterocycles. The summed E-state index contributed by atoms with van der Waals surface area (Å²) in [5, 5.41) is 83.3. The van der Waals surface area contributed by atoms with E-state index in [1.807, 2.05) is 20.8 Å². The molecule has 0 aromatic rings. The molecule has 11 heteroatoms. The molecule has 0 saturated carbocycles. The first kappa shape index (κ1) is 41.0. The fraction of sp³-hybridized carbons (Fsp3) is 0.694. The number of cyclic esters (lactones) is 1. The van der Waals surface area contributed by atoms with Crippen molar-refractivity contribution in [3.8, 4) is 0 Å². The van der Waals surface area contributed by atoms with Crippen molar-refractivity contribution in [2.75, 3.05) is 0 Å². The second-order valence-electron chi connectivity index (χ2n) is 13.2. The summed E-state index contributed by atoms with van der Waals surface area (Å²) in [5.41, 5.74) is 0. The molecule has 2 aliphatic heterocycles. The predicted molar refractivity (Wildman–Crippen MR) is 178 cm³/mol. The van der Waals surface area contributed by atoms with Crippen LogP contribution in [0.3, 0.4) is 0 Å². The molecule has 11 nitrogen and oxygen atoms in total. The molecule has 8 N–H and O–H groups in total. The highest BCUT2D eigenvalue weighted by Crippen LogP contribution is 2.27. The third-order valence-corrected chi connectivity index (χ3v) is 8.70. The van der Waals surface area contributed by atoms with Crippen molar-refractivity contribution in [1.29, 1.82) is 0 Å². The Morgan fingerprint density at radius 2 is 1.15 bits per heavy atom. The monoisotopic (exact) mass is 666 g/mol. The normalized spacial score (nSPS) is 42.2. The van der Waals surface area contributed by atoms with Gasteiger partial charge in [0.15, 0.2) is 0 Å². The summed E-state index contributed by atoms with van der Waals surface area (Å²) < 4.78 is 11.6. The van der Waals surface area contributed by atoms with E-state index >= 15 is 0 Å². The number of carbonyl (C=O) groups excluding carboxylic acids is 1. The van der Waals surface area contributed by atoms with E-state index in [-0.39, 0.29) is 56.8 Å². The molecule has 13 atom stereocenters. The molecular formula is C36H58O11. The third kappa shape index (κ3) is 16.7. The predicted octanol–water partition coefficient (Wildman–Crippen LogP) is 2.15. The smallest absolute Gasteiger partial charge is 0.331 e. The number of carbonyl (C=O) groups is 1. The van der Waals surface area contributed by atoms with Gasteiger partial charge in [-0.15, -0.1) is 0 Å². The van der Waals surface area contributed by atoms with Crippen molar-refractivity contribution < 1.29 is 55.1 Å². The third-order valence-electron chi connectivity index (χ3n) is 8.70. The highest BCUT2D eigenvalue weighted by atomic mass is 16.5. The Balaban J connectivity index is 2.12. The molecule has 13 unspecified atom stereocenters. The minimum atomic E-state index is -1.10. The fourth-order valence-electron chi connectivity index (χ4n) is 6.03. The number of fused-ring (bicyclic) bond motifs is 2. The molecule has 268 valence electrons. The van der Waals surface area contributed by atoms with Gasteiger partial charge < -0.3 is 50.3 Å². The lowest BCUT2D eigenvalue weighted by Crippen LogP contribution is -2.30. The van der Waals surface area contributed by atoms with Gasteiger partial charge in [-0.05, 0) is 44.4 Å². The van der Waals surface area contributed by atoms with Crippen LogP contribution in [0, 0.1) is 11.8 Å². The van der Waals surface area contributed by atoms with Crippen molar-refractivity contribution in [1.82, 2.24) is 0 Å². The second kappa shape index (κ2) is 21.7. The first-order valence-corrected chi connectivity index (χ1v) is 16.9. The minimum Gasteiger partial charge on any atom is -0.458 e. The van der Waals surface area contributed by atoms with Crippen LogP contribution in [0.5, 0.6) is 0 Å². The molecule has 1 fully saturated rings. The van der Waals surface area contributed by atoms with Gasteiger partial charge in [0.25, 0.3) is 0 Å². The number of rotatable bonds is 2. The van der Waals surface area contributed by atoms with Crippen LogP contribution in [-0.4, -0.2) is 114 Å². The Morgan fingerprint density at radius 3 is 1.70 bits per heavy atom. The maximum atomic E-state index is 12.5. The fourth-order valence-corrected chi connectivity index (χ4v) is 6.03. The highest BCUT2D eigenvalue weighted by Gasteiger charge is 2.34. The summed E-state index contributed by atoms with van der Waals surface area (Å²) in [5.74, 6) is -0.680. The topological polar surface area (TPSA) is 197 Å². The van der Waals surface area contributed by atoms with Gasteiger partial charge in [0.1, 0.15) is 12.2 Å². The molecule has 2 heterocycles. The van der Waals surface area contributed by atoms with Crippen LogP contribution in [-0.2, 0) is 14.3 Å². The number of hydrogen-bond acceptors (Lipinski definition) is 11. The molecule has 2 bridgehead atoms. The average molecular weight is 667 g/mol. The van der Waals surface area contributed by atoms with Gasteiger partial charge in [0, 0.05) is 24.8 Å². The average Bonchev–Trinajstić information content (AvgIpc) is 3.32. The largest absolute Gasteiger partial charge is 0.458 e. The van der Waals surface area contributed by atoms with Crippen LogP contribution in [0.1, 0.15) is 78.6 Å². The van der Waals surface area contributed by atoms with Gasteiger partial charge in [-0.3, -0.25) is 0 Å². The van der Waals surface area contributed by atoms with Crippen LogP contribution in [0.4, 0.5) is 0 Å². The summed E-state index contributed by atoms with van der Waals surface area (Å²) in [6.07, 6.45) is 7.88. The lowest BCUT2D eigenvalue weighted by molar-refractivity contribution is -0.147. The number of hydrogen-bond donors (Lipinski definition) is 8. The van der Waals surface area contributed by atoms with Gasteiger partial charge in [0.2, 0.25) is 0 Å². The van der Waals surface area contributed by atoms with Crippen LogP contribution in [0.15, 0.2) is 60.8 Å². The molecule has 0 aromatic carbocycles. The Labute approximate surface area is 279 Å². The molecule has 2 aliphatic rings. The number of esters is 1. The second-order valence-corrected chi connectivity index (χ2v) is 13.2. The van der Waals surface area contributed by atoms with E-state index in [1.165, 1.54) is 12.2 Å². The van der Waals surface area contributed by atoms with Crippen LogP contribution >= 0.6 is 0 Å². The summed E-state index contributed by atoms with van der Waals surface area (Å²) >= 11 is 0. The Morgan fingerprint density at radius 1 is 0.660 bits per heavy atom. The van der Waals surface area contributed by atoms with Gasteiger partial charge in [-0.1, -0.05) is 81.9 Å². The zero-order chi connectivity index (χ0) is 34.9. The van der Waals surface area contributed by atoms with Crippen molar-refractivity contribution >= 4 is 5.97 Å². The van der Waals surface area contributed by atoms with E-state index in [0.29, 0.717) is 6.42 Å². The molecule has 0 amide bonds. The van der Waals surface area contributed by atoms with Crippen molar-refractivity contribution in [2.24, 2.45) is 11.8 Å². The first-order valence-electron chi connectivity index (χ1n) is 16.9. The summed E-state index contributed by atoms with van der Waals surface area (Å²) in [6, 6.07) is 0. The Hall–Kier alpha value is -2.19. The van der Waals surface area contributed by atoms with Crippen molar-refractivity contribution in [3.05, 3.63) is 60.8 Å². The molecule has 0 aliphatic carbocycles. The quantitative estimate of drug-likeness (QED) is 0.159. The summed E-state index contributed by atoms with van der Waals surface area (Å²) in [4.78, 5) is 12.5. The first-order chi connectivity index (χ1) is 22.3. The van der Waals surface area contributed by atoms with E-state index in [1.54, 1.807) is 48.6 Å². The van der Waals surface area contributed by atoms with Gasteiger partial charge in [-0.25, -0.2) is 4.79 Å². The van der Waals surface area contributed by atoms with Crippen LogP contribution in [0.2, 0.25) is 0 Å². The zero-order valence-corrected chi connectivity index (χ0v) is 27.9. The Bertz CT molecular complexity index is 1040. The Kier molecular flexibility index (Phi) is 18.9. The maximum Gasteiger partial charge on any atom is 0.331 e. The van der Waals surface area contributed by atoms with Crippen molar-refractivity contribution in [3.63, 3.8) is 0 Å². The van der Waals surface area contributed by atoms with Gasteiger partial charge in [0.05, 0.1) is 54.9 Å². The van der Waals surface area contributed by atoms with Gasteiger partial charge in [-0.2, -0.15) is 0 Å². The van der Waals surface area contributed by atoms with E-state index in [0.717, 1.165) is 6.42 Å². The molecule has 0 radical (unpaired) electrons. The van der Waals surface area contributed by atoms with E-state index in [9.17, 15) is 45.6 Å². The SMILES string of the molecule is CCC(C)C1OC(=O)/C=C/C=C/C=C/C=C/C2OC(CC(O)CC(O)CC(O)CC(O)CC(O)CC(O)CC(O)/C=C/C1C)CC2O. The number of aliphatic hydroxyl groups is 8. The van der Waals surface area contributed by atoms with Crippen molar-refractivity contribution in [2.45, 2.75) is 146 Å². The molecular weight excluding hydrogens is 608 g/mol. The number of aliphatic hydroxyl groups excluding tert-OH is 8. The zero-order valence-electron chi connectivity index (χ0n) is 27.9. The van der Waals surface area contributed by atoms with Crippen LogP contribution in [0.25, 0.3) is 0 Å². The maximum absolute atomic E-state index is 12.5. The molecule has 0 spiro atoms. The standard InChI is InChI=1S/C36H58O11/c1-4-23(2)36-24(3)13-14-25(37)15-26(38)16-27(39)17-28(40)18-29(41)19-30(42)20-31(43)21-32-22-33(44)34(46-32)11-9-7-5-6-8-10-12-35(45)47-36/h5-14,23-34,36-44H,4,15-22H2,1-3H3/b7-5+,8-6+,11-9+,12-10+,14-13+. The molecule has 0 aromatic heterocycles. The minimum absolute atomic E-state index is 0.0203. The lowest BCUT2D eigenvalue weighted by atomic mass is 9.90. The van der Waals surface area contributed by atoms with Gasteiger partial charge >= 0.3 is 5.97 Å². The van der Waals surface area contributed by atoms with E-state index in [2.05, 4.69) is 0 Å². The van der Waals surface area contributed by atoms with Crippen LogP contribution < -0.4 is 0 Å². The summed E-state index contributed by atoms with van der Waals surface area (Å²) in [6.45, 7) is 5.86. The number of allylic oxidation sites excluding steroid dienone is 6. The molecule has 47 heavy (non-hydrogen) atoms. The van der Waals surface area contributed by atoms with E-state index in [4.69, 9.17) is 9.47 Å². The van der Waals surface area contributed by atoms with E-state index < -0.39 is 73.1 Å². The number of ether oxygens (including phenoxy) is 2. The summed E-state index contributed by atoms with van der Waals surface area (Å²) in [7, 11) is 0. The molecule has 2 rings (SSSR count). The lowest BCUT2D eigenvalue weighted by Gasteiger charge is -2.27. The highest BCUT2D eigenvalue weighted by molar-refractivity contribution is 5.82.